The molecule has 0 N–H and O–H groups in total. The largest absolute Gasteiger partial charge is 0.289 e. The molecule has 0 fully saturated rings. The van der Waals surface area contributed by atoms with Crippen LogP contribution in [0.3, 0.4) is 0 Å². The molecular formula is C13H10F2O. The lowest BCUT2D eigenvalue weighted by Crippen LogP contribution is -2.07. The summed E-state index contributed by atoms with van der Waals surface area (Å²) in [6, 6.07) is 5.32. The Hall–Kier alpha value is -1.77. The van der Waals surface area contributed by atoms with Crippen LogP contribution in [-0.4, -0.2) is 12.0 Å². The van der Waals surface area contributed by atoms with Gasteiger partial charge in [-0.15, -0.1) is 0 Å². The minimum absolute atomic E-state index is 0.205. The molecule has 0 saturated heterocycles. The highest BCUT2D eigenvalue weighted by atomic mass is 19.1. The van der Waals surface area contributed by atoms with Gasteiger partial charge in [0, 0.05) is 17.6 Å². The van der Waals surface area contributed by atoms with Gasteiger partial charge in [-0.05, 0) is 30.3 Å². The van der Waals surface area contributed by atoms with Gasteiger partial charge >= 0.3 is 0 Å². The summed E-state index contributed by atoms with van der Waals surface area (Å²) in [5.74, 6) is -0.586. The van der Waals surface area contributed by atoms with Gasteiger partial charge in [-0.1, -0.05) is 12.2 Å². The van der Waals surface area contributed by atoms with Crippen molar-refractivity contribution in [2.24, 2.45) is 0 Å². The van der Waals surface area contributed by atoms with E-state index in [2.05, 4.69) is 0 Å². The van der Waals surface area contributed by atoms with Gasteiger partial charge < -0.3 is 0 Å². The van der Waals surface area contributed by atoms with Crippen molar-refractivity contribution in [2.75, 3.05) is 0 Å². The third-order valence-electron chi connectivity index (χ3n) is 2.42. The Labute approximate surface area is 92.1 Å². The van der Waals surface area contributed by atoms with Crippen molar-refractivity contribution in [3.8, 4) is 0 Å². The smallest absolute Gasteiger partial charge is 0.192 e. The van der Waals surface area contributed by atoms with Crippen molar-refractivity contribution in [2.45, 2.75) is 12.6 Å². The van der Waals surface area contributed by atoms with E-state index in [1.165, 1.54) is 36.4 Å². The second kappa shape index (κ2) is 4.39. The van der Waals surface area contributed by atoms with Crippen LogP contribution in [0, 0.1) is 5.82 Å². The molecule has 0 aromatic heterocycles. The minimum Gasteiger partial charge on any atom is -0.289 e. The number of hydrogen-bond donors (Lipinski definition) is 0. The maximum Gasteiger partial charge on any atom is 0.192 e. The minimum atomic E-state index is -1.01. The summed E-state index contributed by atoms with van der Waals surface area (Å²) in [5, 5.41) is 0. The SMILES string of the molecule is O=C(C1=CCC(F)C=C1)c1ccc(F)cc1. The quantitative estimate of drug-likeness (QED) is 0.699. The van der Waals surface area contributed by atoms with Crippen molar-refractivity contribution in [1.82, 2.24) is 0 Å². The highest BCUT2D eigenvalue weighted by Gasteiger charge is 2.14. The number of carbonyl (C=O) groups is 1. The Morgan fingerprint density at radius 2 is 1.94 bits per heavy atom. The molecule has 2 rings (SSSR count). The van der Waals surface area contributed by atoms with Gasteiger partial charge in [0.05, 0.1) is 0 Å². The summed E-state index contributed by atoms with van der Waals surface area (Å²) in [6.07, 6.45) is 3.61. The molecule has 0 aliphatic heterocycles. The molecule has 0 saturated carbocycles. The van der Waals surface area contributed by atoms with E-state index in [1.807, 2.05) is 0 Å². The molecule has 1 unspecified atom stereocenters. The van der Waals surface area contributed by atoms with Crippen LogP contribution in [0.15, 0.2) is 48.1 Å². The molecule has 1 aromatic rings. The second-order valence-corrected chi connectivity index (χ2v) is 3.61. The highest BCUT2D eigenvalue weighted by Crippen LogP contribution is 2.17. The molecular weight excluding hydrogens is 210 g/mol. The molecule has 16 heavy (non-hydrogen) atoms. The first-order valence-electron chi connectivity index (χ1n) is 4.99. The zero-order chi connectivity index (χ0) is 11.5. The molecule has 0 heterocycles. The van der Waals surface area contributed by atoms with Gasteiger partial charge in [0.2, 0.25) is 0 Å². The number of rotatable bonds is 2. The number of carbonyl (C=O) groups excluding carboxylic acids is 1. The van der Waals surface area contributed by atoms with Crippen LogP contribution >= 0.6 is 0 Å². The summed E-state index contributed by atoms with van der Waals surface area (Å²) >= 11 is 0. The molecule has 1 aliphatic carbocycles. The van der Waals surface area contributed by atoms with E-state index >= 15 is 0 Å². The van der Waals surface area contributed by atoms with Crippen molar-refractivity contribution in [1.29, 1.82) is 0 Å². The lowest BCUT2D eigenvalue weighted by Gasteiger charge is -2.08. The van der Waals surface area contributed by atoms with Gasteiger partial charge in [0.15, 0.2) is 5.78 Å². The van der Waals surface area contributed by atoms with E-state index in [1.54, 1.807) is 6.08 Å². The fourth-order valence-electron chi connectivity index (χ4n) is 1.53. The van der Waals surface area contributed by atoms with Gasteiger partial charge in [-0.25, -0.2) is 8.78 Å². The van der Waals surface area contributed by atoms with E-state index < -0.39 is 6.17 Å². The Bertz CT molecular complexity index is 457. The molecule has 1 aliphatic rings. The Kier molecular flexibility index (Phi) is 2.95. The van der Waals surface area contributed by atoms with E-state index in [-0.39, 0.29) is 18.0 Å². The number of benzene rings is 1. The van der Waals surface area contributed by atoms with Gasteiger partial charge in [0.25, 0.3) is 0 Å². The topological polar surface area (TPSA) is 17.1 Å². The summed E-state index contributed by atoms with van der Waals surface area (Å²) in [7, 11) is 0. The van der Waals surface area contributed by atoms with Crippen molar-refractivity contribution < 1.29 is 13.6 Å². The van der Waals surface area contributed by atoms with E-state index in [9.17, 15) is 13.6 Å². The summed E-state index contributed by atoms with van der Waals surface area (Å²) in [5.41, 5.74) is 0.870. The first-order chi connectivity index (χ1) is 7.66. The van der Waals surface area contributed by atoms with Gasteiger partial charge in [-0.3, -0.25) is 4.79 Å². The molecule has 82 valence electrons. The molecule has 1 atom stereocenters. The van der Waals surface area contributed by atoms with Crippen LogP contribution < -0.4 is 0 Å². The predicted molar refractivity (Wildman–Crippen MR) is 57.5 cm³/mol. The van der Waals surface area contributed by atoms with E-state index in [0.717, 1.165) is 0 Å². The van der Waals surface area contributed by atoms with Gasteiger partial charge in [-0.2, -0.15) is 0 Å². The Morgan fingerprint density at radius 1 is 1.25 bits per heavy atom. The molecule has 3 heteroatoms. The molecule has 0 radical (unpaired) electrons. The predicted octanol–water partition coefficient (Wildman–Crippen LogP) is 3.23. The molecule has 0 bridgehead atoms. The highest BCUT2D eigenvalue weighted by molar-refractivity contribution is 6.10. The average molecular weight is 220 g/mol. The second-order valence-electron chi connectivity index (χ2n) is 3.61. The van der Waals surface area contributed by atoms with E-state index in [4.69, 9.17) is 0 Å². The Balaban J connectivity index is 2.20. The van der Waals surface area contributed by atoms with Crippen molar-refractivity contribution in [3.05, 3.63) is 59.4 Å². The lowest BCUT2D eigenvalue weighted by atomic mass is 9.98. The molecule has 0 amide bonds. The van der Waals surface area contributed by atoms with Gasteiger partial charge in [0.1, 0.15) is 12.0 Å². The van der Waals surface area contributed by atoms with Crippen LogP contribution in [0.25, 0.3) is 0 Å². The first-order valence-corrected chi connectivity index (χ1v) is 4.99. The fourth-order valence-corrected chi connectivity index (χ4v) is 1.53. The molecule has 1 aromatic carbocycles. The maximum absolute atomic E-state index is 12.8. The van der Waals surface area contributed by atoms with Crippen LogP contribution in [0.1, 0.15) is 16.8 Å². The summed E-state index contributed by atoms with van der Waals surface area (Å²) in [6.45, 7) is 0. The number of allylic oxidation sites excluding steroid dienone is 4. The Morgan fingerprint density at radius 3 is 2.50 bits per heavy atom. The summed E-state index contributed by atoms with van der Waals surface area (Å²) in [4.78, 5) is 11.9. The third-order valence-corrected chi connectivity index (χ3v) is 2.42. The fraction of sp³-hybridized carbons (Fsp3) is 0.154. The molecule has 0 spiro atoms. The van der Waals surface area contributed by atoms with Crippen LogP contribution in [0.5, 0.6) is 0 Å². The third kappa shape index (κ3) is 2.24. The lowest BCUT2D eigenvalue weighted by molar-refractivity contribution is 0.103. The number of Topliss-reactive ketones (excluding diaryl/α,β-unsaturated/α-hetero) is 1. The molecule has 1 nitrogen and oxygen atoms in total. The van der Waals surface area contributed by atoms with Crippen LogP contribution in [0.2, 0.25) is 0 Å². The number of alkyl halides is 1. The standard InChI is InChI=1S/C13H10F2O/c14-11-5-1-9(2-6-11)13(16)10-3-7-12(15)8-4-10/h1-7,12H,8H2. The normalized spacial score (nSPS) is 19.4. The van der Waals surface area contributed by atoms with Crippen LogP contribution in [0.4, 0.5) is 8.78 Å². The maximum atomic E-state index is 12.8. The average Bonchev–Trinajstić information content (AvgIpc) is 2.30. The zero-order valence-corrected chi connectivity index (χ0v) is 8.49. The zero-order valence-electron chi connectivity index (χ0n) is 8.49. The van der Waals surface area contributed by atoms with Crippen LogP contribution in [-0.2, 0) is 0 Å². The van der Waals surface area contributed by atoms with E-state index in [0.29, 0.717) is 11.1 Å². The number of hydrogen-bond acceptors (Lipinski definition) is 1. The monoisotopic (exact) mass is 220 g/mol. The van der Waals surface area contributed by atoms with Crippen molar-refractivity contribution >= 4 is 5.78 Å². The summed E-state index contributed by atoms with van der Waals surface area (Å²) < 4.78 is 25.4. The van der Waals surface area contributed by atoms with Crippen molar-refractivity contribution in [3.63, 3.8) is 0 Å². The number of ketones is 1. The first kappa shape index (κ1) is 10.7. The number of halogens is 2.